The monoisotopic (exact) mass is 176 g/mol. The molecular weight excluding hydrogens is 160 g/mol. The van der Waals surface area contributed by atoms with Crippen LogP contribution < -0.4 is 0 Å². The van der Waals surface area contributed by atoms with Crippen molar-refractivity contribution < 1.29 is 19.7 Å². The first-order valence-electron chi connectivity index (χ1n) is 4.22. The SMILES string of the molecule is C[C@@H](O)[C@H]1OCCO[C@H](C)[C@@H]1O. The van der Waals surface area contributed by atoms with Crippen molar-refractivity contribution in [3.8, 4) is 0 Å². The predicted octanol–water partition coefficient (Wildman–Crippen LogP) is -0.468. The molecule has 4 atom stereocenters. The van der Waals surface area contributed by atoms with Crippen molar-refractivity contribution in [3.05, 3.63) is 0 Å². The number of rotatable bonds is 1. The Morgan fingerprint density at radius 1 is 1.33 bits per heavy atom. The van der Waals surface area contributed by atoms with E-state index in [1.807, 2.05) is 0 Å². The highest BCUT2D eigenvalue weighted by atomic mass is 16.6. The molecule has 1 heterocycles. The Bertz CT molecular complexity index is 137. The summed E-state index contributed by atoms with van der Waals surface area (Å²) in [6.45, 7) is 4.28. The minimum Gasteiger partial charge on any atom is -0.391 e. The zero-order chi connectivity index (χ0) is 9.14. The third kappa shape index (κ3) is 2.17. The molecule has 0 spiro atoms. The lowest BCUT2D eigenvalue weighted by molar-refractivity contribution is -0.0978. The maximum absolute atomic E-state index is 9.58. The molecule has 1 aliphatic rings. The Hall–Kier alpha value is -0.160. The van der Waals surface area contributed by atoms with E-state index >= 15 is 0 Å². The molecule has 0 bridgehead atoms. The molecule has 0 aromatic carbocycles. The predicted molar refractivity (Wildman–Crippen MR) is 42.8 cm³/mol. The van der Waals surface area contributed by atoms with Gasteiger partial charge in [-0.3, -0.25) is 0 Å². The molecule has 4 heteroatoms. The summed E-state index contributed by atoms with van der Waals surface area (Å²) in [6.07, 6.45) is -2.20. The standard InChI is InChI=1S/C8H16O4/c1-5(9)8-7(10)6(2)11-3-4-12-8/h5-10H,3-4H2,1-2H3/t5-,6-,7+,8-/m1/s1. The Labute approximate surface area is 72.1 Å². The first-order chi connectivity index (χ1) is 5.63. The highest BCUT2D eigenvalue weighted by Gasteiger charge is 2.31. The quantitative estimate of drug-likeness (QED) is 0.567. The van der Waals surface area contributed by atoms with E-state index < -0.39 is 18.3 Å². The van der Waals surface area contributed by atoms with Crippen LogP contribution in [0.3, 0.4) is 0 Å². The number of ether oxygens (including phenoxy) is 2. The van der Waals surface area contributed by atoms with Crippen LogP contribution in [0, 0.1) is 0 Å². The molecule has 72 valence electrons. The van der Waals surface area contributed by atoms with E-state index in [-0.39, 0.29) is 6.10 Å². The van der Waals surface area contributed by atoms with Crippen molar-refractivity contribution in [1.82, 2.24) is 0 Å². The fourth-order valence-corrected chi connectivity index (χ4v) is 1.31. The van der Waals surface area contributed by atoms with Crippen LogP contribution in [-0.4, -0.2) is 47.8 Å². The number of aliphatic hydroxyl groups is 2. The van der Waals surface area contributed by atoms with Gasteiger partial charge in [-0.15, -0.1) is 0 Å². The Morgan fingerprint density at radius 3 is 2.50 bits per heavy atom. The average molecular weight is 176 g/mol. The lowest BCUT2D eigenvalue weighted by Gasteiger charge is -2.25. The van der Waals surface area contributed by atoms with Crippen LogP contribution in [0.2, 0.25) is 0 Å². The summed E-state index contributed by atoms with van der Waals surface area (Å²) in [5, 5.41) is 18.8. The van der Waals surface area contributed by atoms with E-state index in [2.05, 4.69) is 0 Å². The van der Waals surface area contributed by atoms with Crippen molar-refractivity contribution in [3.63, 3.8) is 0 Å². The highest BCUT2D eigenvalue weighted by Crippen LogP contribution is 2.14. The topological polar surface area (TPSA) is 58.9 Å². The fraction of sp³-hybridized carbons (Fsp3) is 1.00. The molecule has 1 aliphatic heterocycles. The van der Waals surface area contributed by atoms with Crippen LogP contribution in [0.15, 0.2) is 0 Å². The molecule has 0 aliphatic carbocycles. The zero-order valence-corrected chi connectivity index (χ0v) is 7.43. The third-order valence-corrected chi connectivity index (χ3v) is 2.07. The fourth-order valence-electron chi connectivity index (χ4n) is 1.31. The minimum absolute atomic E-state index is 0.271. The van der Waals surface area contributed by atoms with E-state index in [1.165, 1.54) is 0 Å². The molecule has 12 heavy (non-hydrogen) atoms. The summed E-state index contributed by atoms with van der Waals surface area (Å²) < 4.78 is 10.4. The van der Waals surface area contributed by atoms with E-state index in [4.69, 9.17) is 9.47 Å². The van der Waals surface area contributed by atoms with E-state index in [0.29, 0.717) is 13.2 Å². The maximum Gasteiger partial charge on any atom is 0.112 e. The number of hydrogen-bond acceptors (Lipinski definition) is 4. The van der Waals surface area contributed by atoms with Crippen LogP contribution in [0.25, 0.3) is 0 Å². The van der Waals surface area contributed by atoms with Gasteiger partial charge in [0.25, 0.3) is 0 Å². The van der Waals surface area contributed by atoms with Crippen LogP contribution in [0.4, 0.5) is 0 Å². The van der Waals surface area contributed by atoms with Gasteiger partial charge < -0.3 is 19.7 Å². The molecule has 4 nitrogen and oxygen atoms in total. The summed E-state index contributed by atoms with van der Waals surface area (Å²) in [6, 6.07) is 0. The van der Waals surface area contributed by atoms with Crippen molar-refractivity contribution in [1.29, 1.82) is 0 Å². The van der Waals surface area contributed by atoms with Gasteiger partial charge in [-0.25, -0.2) is 0 Å². The second kappa shape index (κ2) is 4.18. The lowest BCUT2D eigenvalue weighted by atomic mass is 10.1. The molecule has 0 saturated carbocycles. The Balaban J connectivity index is 2.58. The van der Waals surface area contributed by atoms with Crippen molar-refractivity contribution in [2.75, 3.05) is 13.2 Å². The third-order valence-electron chi connectivity index (χ3n) is 2.07. The molecular formula is C8H16O4. The van der Waals surface area contributed by atoms with Crippen molar-refractivity contribution in [2.24, 2.45) is 0 Å². The molecule has 0 amide bonds. The molecule has 2 N–H and O–H groups in total. The molecule has 1 saturated heterocycles. The van der Waals surface area contributed by atoms with Crippen molar-refractivity contribution >= 4 is 0 Å². The lowest BCUT2D eigenvalue weighted by Crippen LogP contribution is -2.42. The molecule has 1 rings (SSSR count). The van der Waals surface area contributed by atoms with Gasteiger partial charge in [-0.05, 0) is 13.8 Å². The van der Waals surface area contributed by atoms with Crippen molar-refractivity contribution in [2.45, 2.75) is 38.3 Å². The molecule has 0 aromatic heterocycles. The summed E-state index contributed by atoms with van der Waals surface area (Å²) in [5.41, 5.74) is 0. The van der Waals surface area contributed by atoms with Crippen LogP contribution in [0.1, 0.15) is 13.8 Å². The van der Waals surface area contributed by atoms with Gasteiger partial charge in [-0.2, -0.15) is 0 Å². The normalized spacial score (nSPS) is 40.5. The van der Waals surface area contributed by atoms with Gasteiger partial charge in [0, 0.05) is 0 Å². The maximum atomic E-state index is 9.58. The molecule has 0 radical (unpaired) electrons. The number of hydrogen-bond donors (Lipinski definition) is 2. The second-order valence-electron chi connectivity index (χ2n) is 3.14. The summed E-state index contributed by atoms with van der Waals surface area (Å²) in [7, 11) is 0. The highest BCUT2D eigenvalue weighted by molar-refractivity contribution is 4.80. The summed E-state index contributed by atoms with van der Waals surface area (Å²) in [4.78, 5) is 0. The van der Waals surface area contributed by atoms with Gasteiger partial charge in [0.1, 0.15) is 12.2 Å². The second-order valence-corrected chi connectivity index (χ2v) is 3.14. The van der Waals surface area contributed by atoms with Crippen LogP contribution in [0.5, 0.6) is 0 Å². The van der Waals surface area contributed by atoms with Crippen LogP contribution >= 0.6 is 0 Å². The number of aliphatic hydroxyl groups excluding tert-OH is 2. The summed E-state index contributed by atoms with van der Waals surface area (Å²) in [5.74, 6) is 0. The Kier molecular flexibility index (Phi) is 3.46. The first kappa shape index (κ1) is 9.92. The largest absolute Gasteiger partial charge is 0.391 e. The van der Waals surface area contributed by atoms with Gasteiger partial charge in [0.05, 0.1) is 25.4 Å². The minimum atomic E-state index is -0.743. The van der Waals surface area contributed by atoms with Gasteiger partial charge in [-0.1, -0.05) is 0 Å². The van der Waals surface area contributed by atoms with E-state index in [0.717, 1.165) is 0 Å². The molecule has 1 fully saturated rings. The zero-order valence-electron chi connectivity index (χ0n) is 7.43. The average Bonchev–Trinajstić information content (AvgIpc) is 2.15. The molecule has 0 unspecified atom stereocenters. The van der Waals surface area contributed by atoms with Gasteiger partial charge in [0.2, 0.25) is 0 Å². The Morgan fingerprint density at radius 2 is 1.92 bits per heavy atom. The van der Waals surface area contributed by atoms with Gasteiger partial charge >= 0.3 is 0 Å². The summed E-state index contributed by atoms with van der Waals surface area (Å²) >= 11 is 0. The van der Waals surface area contributed by atoms with Gasteiger partial charge in [0.15, 0.2) is 0 Å². The smallest absolute Gasteiger partial charge is 0.112 e. The van der Waals surface area contributed by atoms with Crippen LogP contribution in [-0.2, 0) is 9.47 Å². The first-order valence-corrected chi connectivity index (χ1v) is 4.22. The molecule has 0 aromatic rings. The van der Waals surface area contributed by atoms with E-state index in [1.54, 1.807) is 13.8 Å². The van der Waals surface area contributed by atoms with E-state index in [9.17, 15) is 10.2 Å².